The number of pyridine rings is 1. The molecule has 4 rings (SSSR count). The van der Waals surface area contributed by atoms with Gasteiger partial charge in [-0.05, 0) is 32.9 Å². The van der Waals surface area contributed by atoms with E-state index in [-0.39, 0.29) is 5.56 Å². The minimum absolute atomic E-state index is 0.205. The number of piperidine rings is 1. The van der Waals surface area contributed by atoms with Crippen LogP contribution in [0.25, 0.3) is 0 Å². The van der Waals surface area contributed by atoms with Crippen molar-refractivity contribution in [2.45, 2.75) is 31.8 Å². The monoisotopic (exact) mass is 370 g/mol. The molecule has 2 aliphatic rings. The van der Waals surface area contributed by atoms with Gasteiger partial charge in [-0.3, -0.25) is 14.6 Å². The second kappa shape index (κ2) is 7.28. The van der Waals surface area contributed by atoms with E-state index in [1.54, 1.807) is 6.20 Å². The van der Waals surface area contributed by atoms with Crippen molar-refractivity contribution in [2.24, 2.45) is 0 Å². The van der Waals surface area contributed by atoms with Crippen LogP contribution in [0, 0.1) is 6.92 Å². The predicted molar refractivity (Wildman–Crippen MR) is 103 cm³/mol. The van der Waals surface area contributed by atoms with E-state index in [0.29, 0.717) is 17.8 Å². The molecule has 0 amide bonds. The highest BCUT2D eigenvalue weighted by Gasteiger charge is 2.32. The van der Waals surface area contributed by atoms with Crippen molar-refractivity contribution in [3.8, 4) is 0 Å². The number of nitrogens with one attached hydrogen (secondary N) is 1. The van der Waals surface area contributed by atoms with Crippen LogP contribution in [-0.4, -0.2) is 74.9 Å². The van der Waals surface area contributed by atoms with Crippen molar-refractivity contribution in [3.05, 3.63) is 35.9 Å². The van der Waals surface area contributed by atoms with Gasteiger partial charge in [0.15, 0.2) is 0 Å². The number of rotatable bonds is 5. The Morgan fingerprint density at radius 1 is 1.19 bits per heavy atom. The van der Waals surface area contributed by atoms with E-state index < -0.39 is 5.97 Å². The molecule has 8 nitrogen and oxygen atoms in total. The van der Waals surface area contributed by atoms with Gasteiger partial charge in [-0.25, -0.2) is 4.79 Å². The number of nitrogens with zero attached hydrogens (tertiary/aromatic N) is 5. The van der Waals surface area contributed by atoms with Crippen LogP contribution < -0.4 is 5.32 Å². The molecule has 2 aliphatic heterocycles. The largest absolute Gasteiger partial charge is 0.478 e. The first-order valence-corrected chi connectivity index (χ1v) is 9.44. The molecule has 144 valence electrons. The molecule has 0 unspecified atom stereocenters. The summed E-state index contributed by atoms with van der Waals surface area (Å²) in [6.07, 6.45) is 6.99. The second-order valence-corrected chi connectivity index (χ2v) is 7.58. The van der Waals surface area contributed by atoms with Crippen molar-refractivity contribution in [3.63, 3.8) is 0 Å². The quantitative estimate of drug-likeness (QED) is 0.832. The smallest absolute Gasteiger partial charge is 0.337 e. The molecule has 8 heteroatoms. The summed E-state index contributed by atoms with van der Waals surface area (Å²) in [6, 6.07) is 2.60. The zero-order valence-corrected chi connectivity index (χ0v) is 15.8. The minimum Gasteiger partial charge on any atom is -0.478 e. The molecular formula is C19H26N6O2. The fourth-order valence-electron chi connectivity index (χ4n) is 4.13. The van der Waals surface area contributed by atoms with Crippen LogP contribution >= 0.6 is 0 Å². The van der Waals surface area contributed by atoms with Gasteiger partial charge in [-0.15, -0.1) is 0 Å². The van der Waals surface area contributed by atoms with Crippen molar-refractivity contribution >= 4 is 17.3 Å². The standard InChI is InChI=1S/C19H26N6O2/c1-13-17(22-18-9-20-6-3-16(18)19(26)27)10-21-25(13)14-4-7-24(8-5-14)15-11-23(2)12-15/h3,6,9-10,14-15,22H,4-5,7-8,11-12H2,1-2H3,(H,26,27). The predicted octanol–water partition coefficient (Wildman–Crippen LogP) is 1.98. The fraction of sp³-hybridized carbons (Fsp3) is 0.526. The van der Waals surface area contributed by atoms with Crippen LogP contribution in [0.3, 0.4) is 0 Å². The third-order valence-corrected chi connectivity index (χ3v) is 5.77. The van der Waals surface area contributed by atoms with E-state index in [1.807, 2.05) is 6.92 Å². The Morgan fingerprint density at radius 3 is 2.59 bits per heavy atom. The molecule has 2 N–H and O–H groups in total. The molecule has 0 atom stereocenters. The van der Waals surface area contributed by atoms with Crippen LogP contribution in [-0.2, 0) is 0 Å². The van der Waals surface area contributed by atoms with E-state index in [2.05, 4.69) is 36.9 Å². The number of likely N-dealkylation sites (N-methyl/N-ethyl adjacent to an activating group) is 1. The maximum Gasteiger partial charge on any atom is 0.337 e. The third kappa shape index (κ3) is 3.54. The van der Waals surface area contributed by atoms with Crippen molar-refractivity contribution in [1.29, 1.82) is 0 Å². The van der Waals surface area contributed by atoms with Crippen LogP contribution in [0.2, 0.25) is 0 Å². The van der Waals surface area contributed by atoms with Crippen LogP contribution in [0.5, 0.6) is 0 Å². The molecule has 4 heterocycles. The van der Waals surface area contributed by atoms with Gasteiger partial charge in [0.25, 0.3) is 0 Å². The molecule has 2 saturated heterocycles. The number of aromatic carboxylic acids is 1. The molecule has 2 aromatic rings. The van der Waals surface area contributed by atoms with Crippen molar-refractivity contribution < 1.29 is 9.90 Å². The first kappa shape index (κ1) is 17.9. The van der Waals surface area contributed by atoms with Crippen molar-refractivity contribution in [1.82, 2.24) is 24.6 Å². The summed E-state index contributed by atoms with van der Waals surface area (Å²) in [5, 5.41) is 17.1. The number of carboxylic acids is 1. The number of anilines is 2. The molecule has 0 saturated carbocycles. The SMILES string of the molecule is Cc1c(Nc2cnccc2C(=O)O)cnn1C1CCN(C2CN(C)C2)CC1. The number of carbonyl (C=O) groups is 1. The lowest BCUT2D eigenvalue weighted by molar-refractivity contribution is 0.0294. The van der Waals surface area contributed by atoms with Gasteiger partial charge in [0.05, 0.1) is 41.1 Å². The lowest BCUT2D eigenvalue weighted by atomic mass is 10.00. The summed E-state index contributed by atoms with van der Waals surface area (Å²) in [5.74, 6) is -0.973. The van der Waals surface area contributed by atoms with E-state index >= 15 is 0 Å². The highest BCUT2D eigenvalue weighted by Crippen LogP contribution is 2.30. The average molecular weight is 370 g/mol. The van der Waals surface area contributed by atoms with E-state index in [4.69, 9.17) is 0 Å². The normalized spacial score (nSPS) is 19.8. The molecule has 0 spiro atoms. The molecular weight excluding hydrogens is 344 g/mol. The van der Waals surface area contributed by atoms with Crippen LogP contribution in [0.15, 0.2) is 24.7 Å². The number of likely N-dealkylation sites (tertiary alicyclic amines) is 2. The molecule has 0 aliphatic carbocycles. The highest BCUT2D eigenvalue weighted by atomic mass is 16.4. The first-order chi connectivity index (χ1) is 13.0. The fourth-order valence-corrected chi connectivity index (χ4v) is 4.13. The summed E-state index contributed by atoms with van der Waals surface area (Å²) in [5.41, 5.74) is 2.54. The second-order valence-electron chi connectivity index (χ2n) is 7.58. The maximum absolute atomic E-state index is 11.4. The summed E-state index contributed by atoms with van der Waals surface area (Å²) in [6.45, 7) is 6.60. The maximum atomic E-state index is 11.4. The highest BCUT2D eigenvalue weighted by molar-refractivity contribution is 5.94. The van der Waals surface area contributed by atoms with Gasteiger partial charge in [0.2, 0.25) is 0 Å². The minimum atomic E-state index is -0.973. The lowest BCUT2D eigenvalue weighted by Gasteiger charge is -2.46. The number of hydrogen-bond donors (Lipinski definition) is 2. The van der Waals surface area contributed by atoms with E-state index in [9.17, 15) is 9.90 Å². The van der Waals surface area contributed by atoms with Gasteiger partial charge < -0.3 is 15.3 Å². The molecule has 2 fully saturated rings. The topological polar surface area (TPSA) is 86.5 Å². The number of aromatic nitrogens is 3. The van der Waals surface area contributed by atoms with Crippen molar-refractivity contribution in [2.75, 3.05) is 38.5 Å². The molecule has 0 bridgehead atoms. The zero-order chi connectivity index (χ0) is 19.0. The molecule has 27 heavy (non-hydrogen) atoms. The summed E-state index contributed by atoms with van der Waals surface area (Å²) in [4.78, 5) is 20.4. The van der Waals surface area contributed by atoms with Gasteiger partial charge >= 0.3 is 5.97 Å². The summed E-state index contributed by atoms with van der Waals surface area (Å²) >= 11 is 0. The van der Waals surface area contributed by atoms with Gasteiger partial charge in [-0.1, -0.05) is 0 Å². The zero-order valence-electron chi connectivity index (χ0n) is 15.8. The Hall–Kier alpha value is -2.45. The Bertz CT molecular complexity index is 821. The Balaban J connectivity index is 1.43. The lowest BCUT2D eigenvalue weighted by Crippen LogP contribution is -2.59. The van der Waals surface area contributed by atoms with E-state index in [0.717, 1.165) is 37.3 Å². The number of hydrogen-bond acceptors (Lipinski definition) is 6. The number of carboxylic acid groups (broad SMARTS) is 1. The Labute approximate surface area is 158 Å². The summed E-state index contributed by atoms with van der Waals surface area (Å²) < 4.78 is 2.09. The van der Waals surface area contributed by atoms with Crippen LogP contribution in [0.4, 0.5) is 11.4 Å². The van der Waals surface area contributed by atoms with E-state index in [1.165, 1.54) is 31.5 Å². The van der Waals surface area contributed by atoms with Crippen LogP contribution in [0.1, 0.15) is 34.9 Å². The Morgan fingerprint density at radius 2 is 1.93 bits per heavy atom. The summed E-state index contributed by atoms with van der Waals surface area (Å²) in [7, 11) is 2.17. The third-order valence-electron chi connectivity index (χ3n) is 5.77. The molecule has 0 radical (unpaired) electrons. The first-order valence-electron chi connectivity index (χ1n) is 9.44. The Kier molecular flexibility index (Phi) is 4.84. The average Bonchev–Trinajstić information content (AvgIpc) is 3.00. The van der Waals surface area contributed by atoms with Gasteiger partial charge in [0, 0.05) is 38.4 Å². The van der Waals surface area contributed by atoms with Gasteiger partial charge in [0.1, 0.15) is 0 Å². The molecule has 0 aromatic carbocycles. The molecule has 2 aromatic heterocycles. The van der Waals surface area contributed by atoms with Gasteiger partial charge in [-0.2, -0.15) is 5.10 Å².